The third kappa shape index (κ3) is 6.74. The summed E-state index contributed by atoms with van der Waals surface area (Å²) in [6.07, 6.45) is 0.115. The Bertz CT molecular complexity index is 1590. The number of nitrogens with one attached hydrogen (secondary N) is 1. The van der Waals surface area contributed by atoms with Crippen LogP contribution in [0.4, 0.5) is 0 Å². The Labute approximate surface area is 265 Å². The van der Waals surface area contributed by atoms with E-state index in [0.29, 0.717) is 36.2 Å². The second-order valence-electron chi connectivity index (χ2n) is 10.3. The lowest BCUT2D eigenvalue weighted by Crippen LogP contribution is -2.49. The molecule has 1 heterocycles. The normalized spacial score (nSPS) is 17.4. The third-order valence-electron chi connectivity index (χ3n) is 7.47. The van der Waals surface area contributed by atoms with E-state index < -0.39 is 11.6 Å². The van der Waals surface area contributed by atoms with Gasteiger partial charge >= 0.3 is 0 Å². The van der Waals surface area contributed by atoms with Gasteiger partial charge in [-0.25, -0.2) is 4.99 Å². The molecular weight excluding hydrogens is 624 g/mol. The standard InChI is InChI=1S/C35H35BrN2O6/c1-41-30-15-8-13-27(31(30)42-2)23-37-34(40)35(22-26-12-6-7-14-29(26)36)32(24-10-4-3-5-11-24)44-33(38-35)25-16-18-28(19-17-25)43-21-9-20-39/h3-8,10-19,32,39H,9,20-23H2,1-2H3,(H,37,40)/t32-,35-/m1/s1. The number of carbonyl (C=O) groups excluding carboxylic acids is 1. The number of halogens is 1. The second kappa shape index (κ2) is 14.4. The fourth-order valence-electron chi connectivity index (χ4n) is 5.26. The maximum atomic E-state index is 14.5. The predicted molar refractivity (Wildman–Crippen MR) is 172 cm³/mol. The summed E-state index contributed by atoms with van der Waals surface area (Å²) in [5.41, 5.74) is 1.90. The number of rotatable bonds is 13. The molecule has 0 bridgehead atoms. The lowest BCUT2D eigenvalue weighted by Gasteiger charge is -2.31. The van der Waals surface area contributed by atoms with Gasteiger partial charge < -0.3 is 29.4 Å². The first kappa shape index (κ1) is 31.1. The van der Waals surface area contributed by atoms with Crippen molar-refractivity contribution in [2.75, 3.05) is 27.4 Å². The van der Waals surface area contributed by atoms with Crippen LogP contribution in [0.15, 0.2) is 107 Å². The second-order valence-corrected chi connectivity index (χ2v) is 11.2. The lowest BCUT2D eigenvalue weighted by molar-refractivity contribution is -0.129. The zero-order valence-electron chi connectivity index (χ0n) is 24.7. The molecule has 0 aliphatic carbocycles. The number of aliphatic hydroxyl groups is 1. The molecule has 4 aromatic rings. The topological polar surface area (TPSA) is 98.6 Å². The van der Waals surface area contributed by atoms with Gasteiger partial charge in [-0.3, -0.25) is 4.79 Å². The minimum absolute atomic E-state index is 0.0654. The number of amides is 1. The van der Waals surface area contributed by atoms with Gasteiger partial charge in [0.25, 0.3) is 5.91 Å². The number of carbonyl (C=O) groups is 1. The van der Waals surface area contributed by atoms with E-state index in [9.17, 15) is 4.79 Å². The van der Waals surface area contributed by atoms with Gasteiger partial charge in [0.2, 0.25) is 5.90 Å². The number of aliphatic hydroxyl groups excluding tert-OH is 1. The van der Waals surface area contributed by atoms with E-state index in [2.05, 4.69) is 21.2 Å². The molecule has 0 saturated carbocycles. The molecule has 44 heavy (non-hydrogen) atoms. The van der Waals surface area contributed by atoms with E-state index in [4.69, 9.17) is 29.0 Å². The molecule has 1 aliphatic rings. The minimum Gasteiger partial charge on any atom is -0.494 e. The number of hydrogen-bond donors (Lipinski definition) is 2. The number of methoxy groups -OCH3 is 2. The molecule has 1 aliphatic heterocycles. The van der Waals surface area contributed by atoms with Crippen LogP contribution in [-0.2, 0) is 22.5 Å². The summed E-state index contributed by atoms with van der Waals surface area (Å²) in [5.74, 6) is 1.89. The molecule has 0 unspecified atom stereocenters. The molecule has 0 fully saturated rings. The number of nitrogens with zero attached hydrogens (tertiary/aromatic N) is 1. The molecular formula is C35H35BrN2O6. The van der Waals surface area contributed by atoms with Crippen LogP contribution in [0.3, 0.4) is 0 Å². The first-order valence-electron chi connectivity index (χ1n) is 14.4. The molecule has 0 aromatic heterocycles. The summed E-state index contributed by atoms with van der Waals surface area (Å²) in [7, 11) is 3.16. The van der Waals surface area contributed by atoms with Crippen molar-refractivity contribution >= 4 is 27.7 Å². The summed E-state index contributed by atoms with van der Waals surface area (Å²) in [6.45, 7) is 0.676. The molecule has 8 nitrogen and oxygen atoms in total. The van der Waals surface area contributed by atoms with E-state index in [1.807, 2.05) is 97.1 Å². The van der Waals surface area contributed by atoms with Crippen LogP contribution in [0, 0.1) is 0 Å². The van der Waals surface area contributed by atoms with Gasteiger partial charge in [-0.15, -0.1) is 0 Å². The Hall–Kier alpha value is -4.34. The van der Waals surface area contributed by atoms with E-state index in [1.54, 1.807) is 14.2 Å². The van der Waals surface area contributed by atoms with E-state index >= 15 is 0 Å². The number of ether oxygens (including phenoxy) is 4. The Morgan fingerprint density at radius 1 is 0.932 bits per heavy atom. The summed E-state index contributed by atoms with van der Waals surface area (Å²) in [5, 5.41) is 12.2. The molecule has 0 radical (unpaired) electrons. The minimum atomic E-state index is -1.34. The number of hydrogen-bond acceptors (Lipinski definition) is 7. The van der Waals surface area contributed by atoms with E-state index in [1.165, 1.54) is 0 Å². The maximum absolute atomic E-state index is 14.5. The quantitative estimate of drug-likeness (QED) is 0.170. The Morgan fingerprint density at radius 2 is 1.66 bits per heavy atom. The van der Waals surface area contributed by atoms with Crippen LogP contribution in [0.5, 0.6) is 17.2 Å². The number of benzene rings is 4. The highest BCUT2D eigenvalue weighted by Crippen LogP contribution is 2.43. The molecule has 4 aromatic carbocycles. The van der Waals surface area contributed by atoms with Crippen LogP contribution in [-0.4, -0.2) is 49.9 Å². The van der Waals surface area contributed by atoms with E-state index in [-0.39, 0.29) is 25.5 Å². The fourth-order valence-corrected chi connectivity index (χ4v) is 5.69. The molecule has 0 spiro atoms. The van der Waals surface area contributed by atoms with Gasteiger partial charge in [-0.2, -0.15) is 0 Å². The summed E-state index contributed by atoms with van der Waals surface area (Å²) in [4.78, 5) is 19.7. The summed E-state index contributed by atoms with van der Waals surface area (Å²) < 4.78 is 24.3. The highest BCUT2D eigenvalue weighted by molar-refractivity contribution is 9.10. The van der Waals surface area contributed by atoms with Crippen LogP contribution >= 0.6 is 15.9 Å². The van der Waals surface area contributed by atoms with Crippen molar-refractivity contribution < 1.29 is 28.8 Å². The number of aliphatic imine (C=N–C) groups is 1. The highest BCUT2D eigenvalue weighted by Gasteiger charge is 2.53. The van der Waals surface area contributed by atoms with Crippen molar-refractivity contribution in [1.29, 1.82) is 0 Å². The number of para-hydroxylation sites is 1. The molecule has 9 heteroatoms. The van der Waals surface area contributed by atoms with Crippen LogP contribution < -0.4 is 19.5 Å². The fraction of sp³-hybridized carbons (Fsp3) is 0.257. The Balaban J connectivity index is 1.56. The van der Waals surface area contributed by atoms with Gasteiger partial charge in [0.15, 0.2) is 23.1 Å². The van der Waals surface area contributed by atoms with Crippen LogP contribution in [0.2, 0.25) is 0 Å². The summed E-state index contributed by atoms with van der Waals surface area (Å²) >= 11 is 3.68. The van der Waals surface area contributed by atoms with Crippen molar-refractivity contribution in [2.24, 2.45) is 4.99 Å². The summed E-state index contributed by atoms with van der Waals surface area (Å²) in [6, 6.07) is 30.5. The molecule has 2 N–H and O–H groups in total. The molecule has 228 valence electrons. The third-order valence-corrected chi connectivity index (χ3v) is 8.25. The average Bonchev–Trinajstić information content (AvgIpc) is 3.45. The van der Waals surface area contributed by atoms with Gasteiger partial charge in [-0.05, 0) is 47.5 Å². The first-order valence-corrected chi connectivity index (χ1v) is 15.2. The zero-order chi connectivity index (χ0) is 30.9. The van der Waals surface area contributed by atoms with E-state index in [0.717, 1.165) is 26.7 Å². The first-order chi connectivity index (χ1) is 21.5. The van der Waals surface area contributed by atoms with Crippen molar-refractivity contribution in [3.8, 4) is 17.2 Å². The van der Waals surface area contributed by atoms with Crippen molar-refractivity contribution in [3.63, 3.8) is 0 Å². The van der Waals surface area contributed by atoms with Crippen LogP contribution in [0.25, 0.3) is 0 Å². The molecule has 1 amide bonds. The Morgan fingerprint density at radius 3 is 2.36 bits per heavy atom. The van der Waals surface area contributed by atoms with Crippen LogP contribution in [0.1, 0.15) is 34.8 Å². The lowest BCUT2D eigenvalue weighted by atomic mass is 9.82. The highest BCUT2D eigenvalue weighted by atomic mass is 79.9. The van der Waals surface area contributed by atoms with Gasteiger partial charge in [0.1, 0.15) is 5.75 Å². The molecule has 2 atom stereocenters. The van der Waals surface area contributed by atoms with Gasteiger partial charge in [-0.1, -0.05) is 76.6 Å². The van der Waals surface area contributed by atoms with Gasteiger partial charge in [0.05, 0.1) is 20.8 Å². The van der Waals surface area contributed by atoms with Crippen molar-refractivity contribution in [3.05, 3.63) is 124 Å². The SMILES string of the molecule is COc1cccc(CNC(=O)[C@]2(Cc3ccccc3Br)N=C(c3ccc(OCCCO)cc3)O[C@@H]2c2ccccc2)c1OC. The predicted octanol–water partition coefficient (Wildman–Crippen LogP) is 6.04. The van der Waals surface area contributed by atoms with Crippen molar-refractivity contribution in [1.82, 2.24) is 5.32 Å². The Kier molecular flexibility index (Phi) is 10.2. The average molecular weight is 660 g/mol. The van der Waals surface area contributed by atoms with Gasteiger partial charge in [0, 0.05) is 41.6 Å². The van der Waals surface area contributed by atoms with Crippen molar-refractivity contribution in [2.45, 2.75) is 31.0 Å². The molecule has 5 rings (SSSR count). The smallest absolute Gasteiger partial charge is 0.252 e. The zero-order valence-corrected chi connectivity index (χ0v) is 26.3. The monoisotopic (exact) mass is 658 g/mol. The molecule has 0 saturated heterocycles. The largest absolute Gasteiger partial charge is 0.494 e. The maximum Gasteiger partial charge on any atom is 0.252 e.